The zero-order chi connectivity index (χ0) is 23.8. The molecule has 3 aromatic heterocycles. The molecule has 0 amide bonds. The van der Waals surface area contributed by atoms with Crippen LogP contribution in [-0.4, -0.2) is 46.2 Å². The van der Waals surface area contributed by atoms with E-state index in [2.05, 4.69) is 10.1 Å². The Bertz CT molecular complexity index is 1320. The highest BCUT2D eigenvalue weighted by molar-refractivity contribution is 5.99. The van der Waals surface area contributed by atoms with Crippen LogP contribution in [0.3, 0.4) is 0 Å². The molecule has 0 radical (unpaired) electrons. The van der Waals surface area contributed by atoms with E-state index in [1.54, 1.807) is 6.07 Å². The van der Waals surface area contributed by atoms with Crippen molar-refractivity contribution in [1.82, 2.24) is 14.7 Å². The van der Waals surface area contributed by atoms with E-state index >= 15 is 0 Å². The number of nitrogens with zero attached hydrogens (tertiary/aromatic N) is 4. The maximum absolute atomic E-state index is 12.8. The second kappa shape index (κ2) is 8.81. The smallest absolute Gasteiger partial charge is 0.309 e. The Morgan fingerprint density at radius 1 is 1.12 bits per heavy atom. The zero-order valence-electron chi connectivity index (χ0n) is 19.4. The molecule has 1 aliphatic heterocycles. The average Bonchev–Trinajstić information content (AvgIpc) is 3.54. The van der Waals surface area contributed by atoms with Gasteiger partial charge in [0.25, 0.3) is 6.01 Å². The Balaban J connectivity index is 1.17. The van der Waals surface area contributed by atoms with Gasteiger partial charge in [-0.05, 0) is 51.8 Å². The number of oxazole rings is 1. The minimum Gasteiger partial charge on any atom is -0.457 e. The molecule has 0 saturated carbocycles. The van der Waals surface area contributed by atoms with Crippen molar-refractivity contribution < 1.29 is 23.3 Å². The van der Waals surface area contributed by atoms with Gasteiger partial charge in [0.15, 0.2) is 18.0 Å². The molecule has 0 spiro atoms. The number of rotatable bonds is 6. The lowest BCUT2D eigenvalue weighted by Gasteiger charge is -2.29. The summed E-state index contributed by atoms with van der Waals surface area (Å²) in [6.07, 6.45) is 1.23. The van der Waals surface area contributed by atoms with Gasteiger partial charge in [0.2, 0.25) is 5.78 Å². The normalized spacial score (nSPS) is 14.6. The molecular formula is C25H26N4O5. The van der Waals surface area contributed by atoms with Gasteiger partial charge in [0, 0.05) is 36.1 Å². The molecule has 9 heteroatoms. The van der Waals surface area contributed by atoms with Crippen LogP contribution in [0.25, 0.3) is 16.9 Å². The van der Waals surface area contributed by atoms with Crippen LogP contribution < -0.4 is 4.90 Å². The Hall–Kier alpha value is -3.88. The summed E-state index contributed by atoms with van der Waals surface area (Å²) in [5.41, 5.74) is 3.66. The molecule has 4 aromatic rings. The molecule has 34 heavy (non-hydrogen) atoms. The van der Waals surface area contributed by atoms with Crippen LogP contribution in [0.4, 0.5) is 6.01 Å². The maximum Gasteiger partial charge on any atom is 0.309 e. The van der Waals surface area contributed by atoms with Crippen LogP contribution in [0.1, 0.15) is 40.3 Å². The van der Waals surface area contributed by atoms with Gasteiger partial charge < -0.3 is 18.6 Å². The van der Waals surface area contributed by atoms with Gasteiger partial charge in [-0.25, -0.2) is 0 Å². The molecule has 4 heterocycles. The maximum atomic E-state index is 12.8. The van der Waals surface area contributed by atoms with Gasteiger partial charge in [-0.15, -0.1) is 0 Å². The van der Waals surface area contributed by atoms with Crippen molar-refractivity contribution in [1.29, 1.82) is 0 Å². The molecule has 1 aliphatic rings. The van der Waals surface area contributed by atoms with E-state index in [1.165, 1.54) is 0 Å². The molecule has 1 saturated heterocycles. The Morgan fingerprint density at radius 3 is 2.59 bits per heavy atom. The number of Topliss-reactive ketones (excluding diaryl/α,β-unsaturated/α-hetero) is 1. The number of hydrogen-bond donors (Lipinski definition) is 0. The van der Waals surface area contributed by atoms with Crippen molar-refractivity contribution in [2.75, 3.05) is 24.6 Å². The number of benzene rings is 1. The first kappa shape index (κ1) is 21.9. The van der Waals surface area contributed by atoms with Gasteiger partial charge in [-0.1, -0.05) is 17.3 Å². The summed E-state index contributed by atoms with van der Waals surface area (Å²) in [5, 5.41) is 4.03. The number of ketones is 1. The molecule has 1 aromatic carbocycles. The van der Waals surface area contributed by atoms with Crippen molar-refractivity contribution in [2.45, 2.75) is 33.6 Å². The predicted octanol–water partition coefficient (Wildman–Crippen LogP) is 4.17. The van der Waals surface area contributed by atoms with Gasteiger partial charge in [0.1, 0.15) is 11.3 Å². The first-order chi connectivity index (χ1) is 16.4. The largest absolute Gasteiger partial charge is 0.457 e. The van der Waals surface area contributed by atoms with E-state index in [4.69, 9.17) is 13.7 Å². The third kappa shape index (κ3) is 4.09. The van der Waals surface area contributed by atoms with Crippen LogP contribution in [0.15, 0.2) is 45.3 Å². The number of hydrogen-bond acceptors (Lipinski definition) is 8. The standard InChI is InChI=1S/C25H26N4O5/c1-15-12-19(17(3)29(15)23-13-16(2)34-27-23)21(30)14-32-24(31)18-8-10-28(11-9-18)25-26-20-6-4-5-7-22(20)33-25/h4-7,12-13,18H,8-11,14H2,1-3H3. The number of para-hydroxylation sites is 2. The number of aromatic nitrogens is 3. The average molecular weight is 463 g/mol. The molecule has 0 N–H and O–H groups in total. The first-order valence-electron chi connectivity index (χ1n) is 11.3. The summed E-state index contributed by atoms with van der Waals surface area (Å²) in [6.45, 7) is 6.54. The molecule has 0 atom stereocenters. The van der Waals surface area contributed by atoms with Crippen LogP contribution in [-0.2, 0) is 9.53 Å². The fraction of sp³-hybridized carbons (Fsp3) is 0.360. The quantitative estimate of drug-likeness (QED) is 0.311. The lowest BCUT2D eigenvalue weighted by molar-refractivity contribution is -0.148. The molecule has 1 fully saturated rings. The third-order valence-electron chi connectivity index (χ3n) is 6.30. The number of carbonyl (C=O) groups excluding carboxylic acids is 2. The highest BCUT2D eigenvalue weighted by atomic mass is 16.5. The lowest BCUT2D eigenvalue weighted by atomic mass is 9.97. The summed E-state index contributed by atoms with van der Waals surface area (Å²) >= 11 is 0. The van der Waals surface area contributed by atoms with Crippen molar-refractivity contribution >= 4 is 28.9 Å². The fourth-order valence-electron chi connectivity index (χ4n) is 4.49. The molecule has 0 unspecified atom stereocenters. The summed E-state index contributed by atoms with van der Waals surface area (Å²) in [5.74, 6) is 0.475. The molecule has 176 valence electrons. The predicted molar refractivity (Wildman–Crippen MR) is 124 cm³/mol. The van der Waals surface area contributed by atoms with Gasteiger partial charge in [-0.3, -0.25) is 14.2 Å². The van der Waals surface area contributed by atoms with E-state index in [0.717, 1.165) is 22.5 Å². The highest BCUT2D eigenvalue weighted by Crippen LogP contribution is 2.27. The van der Waals surface area contributed by atoms with E-state index in [0.29, 0.717) is 49.1 Å². The van der Waals surface area contributed by atoms with Gasteiger partial charge in [-0.2, -0.15) is 4.98 Å². The second-order valence-corrected chi connectivity index (χ2v) is 8.67. The van der Waals surface area contributed by atoms with Crippen LogP contribution in [0, 0.1) is 26.7 Å². The van der Waals surface area contributed by atoms with Crippen LogP contribution >= 0.6 is 0 Å². The van der Waals surface area contributed by atoms with Crippen molar-refractivity contribution in [2.24, 2.45) is 5.92 Å². The summed E-state index contributed by atoms with van der Waals surface area (Å²) in [4.78, 5) is 32.0. The van der Waals surface area contributed by atoms with E-state index in [9.17, 15) is 9.59 Å². The topological polar surface area (TPSA) is 104 Å². The number of ether oxygens (including phenoxy) is 1. The lowest BCUT2D eigenvalue weighted by Crippen LogP contribution is -2.37. The van der Waals surface area contributed by atoms with Crippen molar-refractivity contribution in [3.05, 3.63) is 59.1 Å². The number of esters is 1. The SMILES string of the molecule is Cc1cc(-n2c(C)cc(C(=O)COC(=O)C3CCN(c4nc5ccccc5o4)CC3)c2C)no1. The Kier molecular flexibility index (Phi) is 5.69. The number of fused-ring (bicyclic) bond motifs is 1. The Labute approximate surface area is 196 Å². The fourth-order valence-corrected chi connectivity index (χ4v) is 4.49. The molecule has 5 rings (SSSR count). The summed E-state index contributed by atoms with van der Waals surface area (Å²) in [7, 11) is 0. The zero-order valence-corrected chi connectivity index (χ0v) is 19.4. The van der Waals surface area contributed by atoms with Crippen molar-refractivity contribution in [3.63, 3.8) is 0 Å². The van der Waals surface area contributed by atoms with Gasteiger partial charge >= 0.3 is 5.97 Å². The number of carbonyl (C=O) groups is 2. The summed E-state index contributed by atoms with van der Waals surface area (Å²) in [6, 6.07) is 11.8. The van der Waals surface area contributed by atoms with Crippen molar-refractivity contribution in [3.8, 4) is 5.82 Å². The second-order valence-electron chi connectivity index (χ2n) is 8.67. The monoisotopic (exact) mass is 462 g/mol. The van der Waals surface area contributed by atoms with E-state index < -0.39 is 0 Å². The third-order valence-corrected chi connectivity index (χ3v) is 6.30. The number of anilines is 1. The Morgan fingerprint density at radius 2 is 1.88 bits per heavy atom. The van der Waals surface area contributed by atoms with E-state index in [-0.39, 0.29) is 24.3 Å². The van der Waals surface area contributed by atoms with E-state index in [1.807, 2.05) is 60.6 Å². The number of aryl methyl sites for hydroxylation is 2. The minimum absolute atomic E-state index is 0.239. The highest BCUT2D eigenvalue weighted by Gasteiger charge is 2.29. The molecule has 9 nitrogen and oxygen atoms in total. The summed E-state index contributed by atoms with van der Waals surface area (Å²) < 4.78 is 18.3. The minimum atomic E-state index is -0.341. The van der Waals surface area contributed by atoms with Crippen LogP contribution in [0.2, 0.25) is 0 Å². The van der Waals surface area contributed by atoms with Crippen LogP contribution in [0.5, 0.6) is 0 Å². The molecule has 0 bridgehead atoms. The first-order valence-corrected chi connectivity index (χ1v) is 11.3. The number of piperidine rings is 1. The van der Waals surface area contributed by atoms with Gasteiger partial charge in [0.05, 0.1) is 5.92 Å². The molecule has 0 aliphatic carbocycles. The molecular weight excluding hydrogens is 436 g/mol.